The second-order valence-corrected chi connectivity index (χ2v) is 4.10. The van der Waals surface area contributed by atoms with Crippen molar-refractivity contribution in [2.24, 2.45) is 0 Å². The van der Waals surface area contributed by atoms with Crippen molar-refractivity contribution in [2.45, 2.75) is 45.7 Å². The van der Waals surface area contributed by atoms with Crippen LogP contribution in [-0.4, -0.2) is 24.1 Å². The van der Waals surface area contributed by atoms with E-state index in [2.05, 4.69) is 0 Å². The maximum atomic E-state index is 9.01. The molecule has 0 amide bonds. The Morgan fingerprint density at radius 2 is 2.00 bits per heavy atom. The molecule has 3 heteroatoms. The Hall–Kier alpha value is -0.900. The van der Waals surface area contributed by atoms with Crippen molar-refractivity contribution >= 4 is 0 Å². The summed E-state index contributed by atoms with van der Waals surface area (Å²) in [4.78, 5) is 0. The van der Waals surface area contributed by atoms with Crippen LogP contribution in [0.3, 0.4) is 0 Å². The van der Waals surface area contributed by atoms with E-state index in [9.17, 15) is 0 Å². The topological polar surface area (TPSA) is 38.7 Å². The zero-order valence-corrected chi connectivity index (χ0v) is 9.34. The van der Waals surface area contributed by atoms with E-state index in [1.165, 1.54) is 0 Å². The van der Waals surface area contributed by atoms with Crippen LogP contribution in [0.15, 0.2) is 30.3 Å². The maximum absolute atomic E-state index is 9.01. The van der Waals surface area contributed by atoms with Crippen LogP contribution in [0.2, 0.25) is 0 Å². The molecule has 0 aromatic heterocycles. The van der Waals surface area contributed by atoms with Crippen LogP contribution < -0.4 is 0 Å². The van der Waals surface area contributed by atoms with E-state index in [-0.39, 0.29) is 26.4 Å². The summed E-state index contributed by atoms with van der Waals surface area (Å²) in [6.07, 6.45) is 2.70. The average Bonchev–Trinajstić information content (AvgIpc) is 2.38. The van der Waals surface area contributed by atoms with Gasteiger partial charge in [-0.3, -0.25) is 0 Å². The fourth-order valence-corrected chi connectivity index (χ4v) is 1.88. The molecule has 1 aromatic rings. The molecular formula is C14H22O3. The molecule has 3 nitrogen and oxygen atoms in total. The SMILES string of the molecule is C.OCC1CCCC(OCc2ccccc2)O1. The molecule has 0 aliphatic carbocycles. The number of rotatable bonds is 4. The fourth-order valence-electron chi connectivity index (χ4n) is 1.88. The van der Waals surface area contributed by atoms with Gasteiger partial charge in [0, 0.05) is 0 Å². The molecule has 1 saturated heterocycles. The molecule has 1 aromatic carbocycles. The van der Waals surface area contributed by atoms with Gasteiger partial charge in [0.1, 0.15) is 0 Å². The molecule has 1 fully saturated rings. The highest BCUT2D eigenvalue weighted by molar-refractivity contribution is 5.13. The van der Waals surface area contributed by atoms with Crippen LogP contribution >= 0.6 is 0 Å². The summed E-state index contributed by atoms with van der Waals surface area (Å²) in [6.45, 7) is 0.662. The van der Waals surface area contributed by atoms with E-state index in [1.807, 2.05) is 30.3 Å². The standard InChI is InChI=1S/C13H18O3.CH4/c14-9-12-7-4-8-13(16-12)15-10-11-5-2-1-3-6-11;/h1-3,5-6,12-14H,4,7-10H2;1H4. The van der Waals surface area contributed by atoms with Crippen molar-refractivity contribution in [2.75, 3.05) is 6.61 Å². The number of ether oxygens (including phenoxy) is 2. The molecule has 0 radical (unpaired) electrons. The zero-order valence-electron chi connectivity index (χ0n) is 9.34. The van der Waals surface area contributed by atoms with Gasteiger partial charge in [-0.05, 0) is 24.8 Å². The van der Waals surface area contributed by atoms with Crippen LogP contribution in [0.5, 0.6) is 0 Å². The van der Waals surface area contributed by atoms with Crippen molar-refractivity contribution in [1.29, 1.82) is 0 Å². The summed E-state index contributed by atoms with van der Waals surface area (Å²) in [7, 11) is 0. The molecule has 0 spiro atoms. The molecule has 1 aliphatic rings. The number of aliphatic hydroxyl groups excluding tert-OH is 1. The predicted octanol–water partition coefficient (Wildman–Crippen LogP) is 2.73. The lowest BCUT2D eigenvalue weighted by atomic mass is 10.1. The minimum absolute atomic E-state index is 0. The summed E-state index contributed by atoms with van der Waals surface area (Å²) in [5.41, 5.74) is 1.15. The van der Waals surface area contributed by atoms with Crippen molar-refractivity contribution in [1.82, 2.24) is 0 Å². The van der Waals surface area contributed by atoms with E-state index in [1.54, 1.807) is 0 Å². The molecule has 2 atom stereocenters. The molecule has 0 saturated carbocycles. The van der Waals surface area contributed by atoms with Gasteiger partial charge in [0.15, 0.2) is 6.29 Å². The highest BCUT2D eigenvalue weighted by atomic mass is 16.7. The van der Waals surface area contributed by atoms with Gasteiger partial charge in [-0.15, -0.1) is 0 Å². The molecule has 2 unspecified atom stereocenters. The second kappa shape index (κ2) is 7.43. The van der Waals surface area contributed by atoms with Crippen molar-refractivity contribution in [3.05, 3.63) is 35.9 Å². The smallest absolute Gasteiger partial charge is 0.158 e. The van der Waals surface area contributed by atoms with Crippen LogP contribution in [0.25, 0.3) is 0 Å². The fraction of sp³-hybridized carbons (Fsp3) is 0.571. The third kappa shape index (κ3) is 4.46. The first-order valence-electron chi connectivity index (χ1n) is 5.80. The number of hydrogen-bond acceptors (Lipinski definition) is 3. The number of aliphatic hydroxyl groups is 1. The average molecular weight is 238 g/mol. The molecule has 1 aliphatic heterocycles. The number of hydrogen-bond donors (Lipinski definition) is 1. The van der Waals surface area contributed by atoms with Gasteiger partial charge in [-0.25, -0.2) is 0 Å². The molecule has 1 N–H and O–H groups in total. The minimum Gasteiger partial charge on any atom is -0.394 e. The molecular weight excluding hydrogens is 216 g/mol. The van der Waals surface area contributed by atoms with Crippen LogP contribution in [0.1, 0.15) is 32.3 Å². The monoisotopic (exact) mass is 238 g/mol. The van der Waals surface area contributed by atoms with Gasteiger partial charge in [0.2, 0.25) is 0 Å². The molecule has 96 valence electrons. The molecule has 17 heavy (non-hydrogen) atoms. The zero-order chi connectivity index (χ0) is 11.2. The summed E-state index contributed by atoms with van der Waals surface area (Å²) < 4.78 is 11.3. The second-order valence-electron chi connectivity index (χ2n) is 4.10. The molecule has 2 rings (SSSR count). The van der Waals surface area contributed by atoms with E-state index < -0.39 is 0 Å². The highest BCUT2D eigenvalue weighted by Gasteiger charge is 2.21. The molecule has 0 bridgehead atoms. The van der Waals surface area contributed by atoms with Crippen LogP contribution in [-0.2, 0) is 16.1 Å². The van der Waals surface area contributed by atoms with Crippen molar-refractivity contribution in [3.63, 3.8) is 0 Å². The normalized spacial score (nSPS) is 24.1. The van der Waals surface area contributed by atoms with Crippen LogP contribution in [0, 0.1) is 0 Å². The van der Waals surface area contributed by atoms with Crippen molar-refractivity contribution in [3.8, 4) is 0 Å². The minimum atomic E-state index is -0.161. The first-order valence-corrected chi connectivity index (χ1v) is 5.80. The lowest BCUT2D eigenvalue weighted by Gasteiger charge is -2.28. The quantitative estimate of drug-likeness (QED) is 0.876. The first-order chi connectivity index (χ1) is 7.88. The Bertz CT molecular complexity index is 300. The summed E-state index contributed by atoms with van der Waals surface area (Å²) >= 11 is 0. The van der Waals surface area contributed by atoms with E-state index >= 15 is 0 Å². The van der Waals surface area contributed by atoms with Gasteiger partial charge >= 0.3 is 0 Å². The van der Waals surface area contributed by atoms with Gasteiger partial charge in [-0.2, -0.15) is 0 Å². The Labute approximate surface area is 103 Å². The summed E-state index contributed by atoms with van der Waals surface area (Å²) in [5, 5.41) is 9.01. The third-order valence-corrected chi connectivity index (χ3v) is 2.79. The van der Waals surface area contributed by atoms with Gasteiger partial charge < -0.3 is 14.6 Å². The Morgan fingerprint density at radius 1 is 1.24 bits per heavy atom. The first kappa shape index (κ1) is 14.2. The maximum Gasteiger partial charge on any atom is 0.158 e. The Kier molecular flexibility index (Phi) is 6.19. The number of benzene rings is 1. The van der Waals surface area contributed by atoms with E-state index in [0.29, 0.717) is 6.61 Å². The van der Waals surface area contributed by atoms with Gasteiger partial charge in [0.25, 0.3) is 0 Å². The Balaban J connectivity index is 0.00000144. The third-order valence-electron chi connectivity index (χ3n) is 2.79. The Morgan fingerprint density at radius 3 is 2.71 bits per heavy atom. The van der Waals surface area contributed by atoms with E-state index in [4.69, 9.17) is 14.6 Å². The van der Waals surface area contributed by atoms with Gasteiger partial charge in [0.05, 0.1) is 19.3 Å². The summed E-state index contributed by atoms with van der Waals surface area (Å²) in [5.74, 6) is 0. The van der Waals surface area contributed by atoms with Crippen molar-refractivity contribution < 1.29 is 14.6 Å². The summed E-state index contributed by atoms with van der Waals surface area (Å²) in [6, 6.07) is 10.1. The lowest BCUT2D eigenvalue weighted by Crippen LogP contribution is -2.31. The lowest BCUT2D eigenvalue weighted by molar-refractivity contribution is -0.206. The van der Waals surface area contributed by atoms with Crippen LogP contribution in [0.4, 0.5) is 0 Å². The predicted molar refractivity (Wildman–Crippen MR) is 67.6 cm³/mol. The van der Waals surface area contributed by atoms with Gasteiger partial charge in [-0.1, -0.05) is 37.8 Å². The molecule has 1 heterocycles. The highest BCUT2D eigenvalue weighted by Crippen LogP contribution is 2.20. The van der Waals surface area contributed by atoms with E-state index in [0.717, 1.165) is 24.8 Å². The largest absolute Gasteiger partial charge is 0.394 e.